The molecular weight excluding hydrogens is 138 g/mol. The monoisotopic (exact) mass is 151 g/mol. The molecule has 0 spiro atoms. The van der Waals surface area contributed by atoms with E-state index in [4.69, 9.17) is 10.1 Å². The third-order valence-corrected chi connectivity index (χ3v) is 0.188. The van der Waals surface area contributed by atoms with E-state index in [-0.39, 0.29) is 0 Å². The van der Waals surface area contributed by atoms with Crippen molar-refractivity contribution in [2.45, 2.75) is 6.92 Å². The van der Waals surface area contributed by atoms with Crippen LogP contribution < -0.4 is 0 Å². The third kappa shape index (κ3) is 2360. The van der Waals surface area contributed by atoms with Crippen molar-refractivity contribution in [3.63, 3.8) is 0 Å². The van der Waals surface area contributed by atoms with E-state index in [1.807, 2.05) is 6.92 Å². The number of hydrogen-bond donors (Lipinski definition) is 0. The SMILES string of the molecule is C=CC.C=CC#N.C=CC=O. The zero-order chi connectivity index (χ0) is 9.54. The Balaban J connectivity index is -0.0000000886. The highest BCUT2D eigenvalue weighted by Crippen LogP contribution is 1.41. The Morgan fingerprint density at radius 2 is 1.55 bits per heavy atom. The van der Waals surface area contributed by atoms with Crippen LogP contribution in [0.2, 0.25) is 0 Å². The molecule has 0 aliphatic carbocycles. The average molecular weight is 151 g/mol. The molecule has 0 aliphatic heterocycles. The predicted octanol–water partition coefficient (Wildman–Crippen LogP) is 2.26. The van der Waals surface area contributed by atoms with E-state index in [0.717, 1.165) is 0 Å². The molecule has 2 heteroatoms. The van der Waals surface area contributed by atoms with Gasteiger partial charge in [-0.15, -0.1) is 6.58 Å². The number of carbonyl (C=O) groups is 1. The summed E-state index contributed by atoms with van der Waals surface area (Å²) in [6.07, 6.45) is 4.76. The molecule has 2 nitrogen and oxygen atoms in total. The molecule has 0 rings (SSSR count). The van der Waals surface area contributed by atoms with Gasteiger partial charge in [-0.05, 0) is 13.0 Å². The summed E-state index contributed by atoms with van der Waals surface area (Å²) in [7, 11) is 0. The lowest BCUT2D eigenvalue weighted by Crippen LogP contribution is -1.44. The lowest BCUT2D eigenvalue weighted by molar-refractivity contribution is -0.104. The zero-order valence-corrected chi connectivity index (χ0v) is 6.79. The van der Waals surface area contributed by atoms with Gasteiger partial charge in [-0.1, -0.05) is 19.2 Å². The van der Waals surface area contributed by atoms with Gasteiger partial charge in [-0.2, -0.15) is 5.26 Å². The second-order valence-corrected chi connectivity index (χ2v) is 1.11. The van der Waals surface area contributed by atoms with Crippen molar-refractivity contribution >= 4 is 6.29 Å². The summed E-state index contributed by atoms with van der Waals surface area (Å²) in [6.45, 7) is 11.5. The maximum Gasteiger partial charge on any atom is 0.142 e. The van der Waals surface area contributed by atoms with Crippen LogP contribution in [0.5, 0.6) is 0 Å². The Hall–Kier alpha value is -1.62. The van der Waals surface area contributed by atoms with E-state index >= 15 is 0 Å². The van der Waals surface area contributed by atoms with Gasteiger partial charge in [-0.25, -0.2) is 0 Å². The van der Waals surface area contributed by atoms with Crippen LogP contribution in [0.4, 0.5) is 0 Å². The molecule has 11 heavy (non-hydrogen) atoms. The summed E-state index contributed by atoms with van der Waals surface area (Å²) < 4.78 is 0. The number of carbonyl (C=O) groups excluding carboxylic acids is 1. The second kappa shape index (κ2) is 40.0. The summed E-state index contributed by atoms with van der Waals surface area (Å²) in [5.74, 6) is 0. The van der Waals surface area contributed by atoms with Gasteiger partial charge in [0.2, 0.25) is 0 Å². The van der Waals surface area contributed by atoms with Crippen LogP contribution in [0.15, 0.2) is 38.0 Å². The number of hydrogen-bond acceptors (Lipinski definition) is 2. The van der Waals surface area contributed by atoms with Crippen molar-refractivity contribution in [3.05, 3.63) is 38.0 Å². The van der Waals surface area contributed by atoms with E-state index in [0.29, 0.717) is 6.29 Å². The number of nitriles is 1. The smallest absolute Gasteiger partial charge is 0.142 e. The molecule has 0 bridgehead atoms. The summed E-state index contributed by atoms with van der Waals surface area (Å²) in [4.78, 5) is 9.06. The van der Waals surface area contributed by atoms with Crippen LogP contribution >= 0.6 is 0 Å². The molecule has 0 aromatic carbocycles. The van der Waals surface area contributed by atoms with Crippen molar-refractivity contribution < 1.29 is 4.79 Å². The Bertz CT molecular complexity index is 136. The molecule has 0 aliphatic rings. The fourth-order valence-corrected chi connectivity index (χ4v) is 0. The quantitative estimate of drug-likeness (QED) is 0.249. The Kier molecular flexibility index (Phi) is 58.8. The maximum absolute atomic E-state index is 9.06. The van der Waals surface area contributed by atoms with Gasteiger partial charge >= 0.3 is 0 Å². The molecule has 0 unspecified atom stereocenters. The first-order valence-electron chi connectivity index (χ1n) is 2.88. The minimum absolute atomic E-state index is 0.639. The van der Waals surface area contributed by atoms with E-state index in [2.05, 4.69) is 19.7 Å². The first-order chi connectivity index (χ1) is 5.24. The zero-order valence-electron chi connectivity index (χ0n) is 6.79. The topological polar surface area (TPSA) is 40.9 Å². The molecule has 0 saturated carbocycles. The number of aldehydes is 1. The van der Waals surface area contributed by atoms with E-state index < -0.39 is 0 Å². The predicted molar refractivity (Wildman–Crippen MR) is 47.9 cm³/mol. The van der Waals surface area contributed by atoms with Crippen LogP contribution in [-0.4, -0.2) is 6.29 Å². The van der Waals surface area contributed by atoms with Gasteiger partial charge in [0, 0.05) is 6.08 Å². The van der Waals surface area contributed by atoms with Crippen LogP contribution in [0.1, 0.15) is 6.92 Å². The highest BCUT2D eigenvalue weighted by Gasteiger charge is 1.38. The number of nitrogens with zero attached hydrogens (tertiary/aromatic N) is 1. The highest BCUT2D eigenvalue weighted by molar-refractivity contribution is 5.63. The normalized spacial score (nSPS) is 4.36. The molecule has 0 amide bonds. The molecule has 0 saturated heterocycles. The Morgan fingerprint density at radius 1 is 1.36 bits per heavy atom. The van der Waals surface area contributed by atoms with Crippen LogP contribution in [0.3, 0.4) is 0 Å². The first kappa shape index (κ1) is 16.2. The maximum atomic E-state index is 9.06. The van der Waals surface area contributed by atoms with Gasteiger partial charge in [-0.3, -0.25) is 4.79 Å². The fraction of sp³-hybridized carbons (Fsp3) is 0.111. The number of rotatable bonds is 1. The van der Waals surface area contributed by atoms with Crippen molar-refractivity contribution in [3.8, 4) is 6.07 Å². The minimum Gasteiger partial charge on any atom is -0.299 e. The summed E-state index contributed by atoms with van der Waals surface area (Å²) in [5.41, 5.74) is 0. The molecule has 60 valence electrons. The molecule has 0 heterocycles. The largest absolute Gasteiger partial charge is 0.299 e. The number of allylic oxidation sites excluding steroid dienone is 3. The average Bonchev–Trinajstić information content (AvgIpc) is 2.06. The van der Waals surface area contributed by atoms with Crippen LogP contribution in [0, 0.1) is 11.3 Å². The highest BCUT2D eigenvalue weighted by atomic mass is 16.1. The molecule has 0 fully saturated rings. The van der Waals surface area contributed by atoms with Crippen molar-refractivity contribution in [1.82, 2.24) is 0 Å². The lowest BCUT2D eigenvalue weighted by Gasteiger charge is -1.37. The van der Waals surface area contributed by atoms with Crippen LogP contribution in [0.25, 0.3) is 0 Å². The molecule has 0 radical (unpaired) electrons. The van der Waals surface area contributed by atoms with Gasteiger partial charge in [0.05, 0.1) is 6.07 Å². The Labute approximate surface area is 68.2 Å². The third-order valence-electron chi connectivity index (χ3n) is 0.188. The first-order valence-corrected chi connectivity index (χ1v) is 2.88. The summed E-state index contributed by atoms with van der Waals surface area (Å²) in [6, 6.07) is 1.69. The van der Waals surface area contributed by atoms with Crippen molar-refractivity contribution in [2.24, 2.45) is 0 Å². The second-order valence-electron chi connectivity index (χ2n) is 1.11. The standard InChI is InChI=1S/C3H3N.C3H4O.C3H6/c2*1-2-3-4;1-3-2/h2H,1H2;2-3H,1H2;3H,1H2,2H3. The summed E-state index contributed by atoms with van der Waals surface area (Å²) in [5, 5.41) is 7.51. The van der Waals surface area contributed by atoms with Gasteiger partial charge in [0.25, 0.3) is 0 Å². The summed E-state index contributed by atoms with van der Waals surface area (Å²) >= 11 is 0. The Morgan fingerprint density at radius 3 is 1.55 bits per heavy atom. The lowest BCUT2D eigenvalue weighted by atomic mass is 10.8. The van der Waals surface area contributed by atoms with Gasteiger partial charge in [0.15, 0.2) is 0 Å². The van der Waals surface area contributed by atoms with Gasteiger partial charge < -0.3 is 0 Å². The van der Waals surface area contributed by atoms with Crippen molar-refractivity contribution in [2.75, 3.05) is 0 Å². The van der Waals surface area contributed by atoms with Crippen LogP contribution in [-0.2, 0) is 4.79 Å². The molecule has 0 atom stereocenters. The van der Waals surface area contributed by atoms with E-state index in [1.165, 1.54) is 12.2 Å². The fourth-order valence-electron chi connectivity index (χ4n) is 0. The van der Waals surface area contributed by atoms with Crippen molar-refractivity contribution in [1.29, 1.82) is 5.26 Å². The van der Waals surface area contributed by atoms with Gasteiger partial charge in [0.1, 0.15) is 6.29 Å². The molecular formula is C9H13NO. The molecule has 0 N–H and O–H groups in total. The minimum atomic E-state index is 0.639. The molecule has 0 aromatic heterocycles. The van der Waals surface area contributed by atoms with E-state index in [1.54, 1.807) is 12.1 Å². The van der Waals surface area contributed by atoms with E-state index in [9.17, 15) is 0 Å². The molecule has 0 aromatic rings.